The highest BCUT2D eigenvalue weighted by Gasteiger charge is 2.19. The third kappa shape index (κ3) is 6.78. The van der Waals surface area contributed by atoms with Crippen molar-refractivity contribution in [1.82, 2.24) is 10.2 Å². The van der Waals surface area contributed by atoms with E-state index in [4.69, 9.17) is 14.2 Å². The van der Waals surface area contributed by atoms with Gasteiger partial charge in [-0.25, -0.2) is 0 Å². The van der Waals surface area contributed by atoms with Crippen LogP contribution in [0.2, 0.25) is 0 Å². The van der Waals surface area contributed by atoms with Gasteiger partial charge in [0.2, 0.25) is 0 Å². The second kappa shape index (κ2) is 11.9. The van der Waals surface area contributed by atoms with Gasteiger partial charge in [0.1, 0.15) is 5.75 Å². The maximum Gasteiger partial charge on any atom is 0.193 e. The minimum absolute atomic E-state index is 0.673. The molecule has 0 saturated carbocycles. The first-order chi connectivity index (χ1) is 14.3. The molecule has 29 heavy (non-hydrogen) atoms. The van der Waals surface area contributed by atoms with Crippen LogP contribution in [-0.2, 0) is 9.47 Å². The maximum atomic E-state index is 5.85. The van der Waals surface area contributed by atoms with Gasteiger partial charge in [-0.15, -0.1) is 0 Å². The van der Waals surface area contributed by atoms with Crippen molar-refractivity contribution >= 4 is 11.6 Å². The molecule has 0 bridgehead atoms. The van der Waals surface area contributed by atoms with Gasteiger partial charge in [0.25, 0.3) is 0 Å². The Balaban J connectivity index is 1.31. The number of ether oxygens (including phenoxy) is 3. The monoisotopic (exact) mass is 404 g/mol. The van der Waals surface area contributed by atoms with E-state index in [1.165, 1.54) is 5.69 Å². The van der Waals surface area contributed by atoms with Gasteiger partial charge in [-0.1, -0.05) is 0 Å². The molecule has 3 rings (SSSR count). The second-order valence-electron chi connectivity index (χ2n) is 7.63. The summed E-state index contributed by atoms with van der Waals surface area (Å²) < 4.78 is 16.5. The highest BCUT2D eigenvalue weighted by molar-refractivity contribution is 5.80. The molecule has 0 unspecified atom stereocenters. The Morgan fingerprint density at radius 1 is 1.14 bits per heavy atom. The standard InChI is InChI=1S/C22H36N4O3/c1-23-22(24-10-3-15-29-18-19-8-16-28-17-9-19)26-13-11-25(12-14-26)20-4-6-21(27-2)7-5-20/h4-7,19H,3,8-18H2,1-2H3,(H,23,24). The lowest BCUT2D eigenvalue weighted by atomic mass is 10.0. The molecule has 0 amide bonds. The molecule has 0 aliphatic carbocycles. The molecule has 162 valence electrons. The van der Waals surface area contributed by atoms with E-state index in [-0.39, 0.29) is 0 Å². The molecule has 2 fully saturated rings. The highest BCUT2D eigenvalue weighted by atomic mass is 16.5. The van der Waals surface area contributed by atoms with Crippen molar-refractivity contribution < 1.29 is 14.2 Å². The van der Waals surface area contributed by atoms with Gasteiger partial charge in [0, 0.05) is 71.9 Å². The Kier molecular flexibility index (Phi) is 8.89. The maximum absolute atomic E-state index is 5.85. The number of anilines is 1. The Morgan fingerprint density at radius 2 is 1.86 bits per heavy atom. The van der Waals surface area contributed by atoms with Gasteiger partial charge in [-0.2, -0.15) is 0 Å². The topological polar surface area (TPSA) is 58.6 Å². The third-order valence-corrected chi connectivity index (χ3v) is 5.67. The zero-order chi connectivity index (χ0) is 20.3. The molecule has 2 saturated heterocycles. The summed E-state index contributed by atoms with van der Waals surface area (Å²) in [6, 6.07) is 8.29. The number of methoxy groups -OCH3 is 1. The van der Waals surface area contributed by atoms with Crippen molar-refractivity contribution in [2.45, 2.75) is 19.3 Å². The molecule has 0 aromatic heterocycles. The summed E-state index contributed by atoms with van der Waals surface area (Å²) >= 11 is 0. The number of guanidine groups is 1. The lowest BCUT2D eigenvalue weighted by Crippen LogP contribution is -2.52. The van der Waals surface area contributed by atoms with Crippen molar-refractivity contribution in [3.8, 4) is 5.75 Å². The summed E-state index contributed by atoms with van der Waals surface area (Å²) in [4.78, 5) is 9.21. The number of hydrogen-bond acceptors (Lipinski definition) is 5. The van der Waals surface area contributed by atoms with Crippen molar-refractivity contribution in [2.24, 2.45) is 10.9 Å². The van der Waals surface area contributed by atoms with E-state index < -0.39 is 0 Å². The van der Waals surface area contributed by atoms with Crippen LogP contribution >= 0.6 is 0 Å². The number of nitrogens with one attached hydrogen (secondary N) is 1. The van der Waals surface area contributed by atoms with Crippen LogP contribution in [-0.4, -0.2) is 84.2 Å². The second-order valence-corrected chi connectivity index (χ2v) is 7.63. The number of rotatable bonds is 8. The lowest BCUT2D eigenvalue weighted by Gasteiger charge is -2.37. The largest absolute Gasteiger partial charge is 0.497 e. The third-order valence-electron chi connectivity index (χ3n) is 5.67. The van der Waals surface area contributed by atoms with Gasteiger partial charge in [0.15, 0.2) is 5.96 Å². The molecule has 2 aliphatic heterocycles. The SMILES string of the molecule is CN=C(NCCCOCC1CCOCC1)N1CCN(c2ccc(OC)cc2)CC1. The Morgan fingerprint density at radius 3 is 2.52 bits per heavy atom. The van der Waals surface area contributed by atoms with Crippen molar-refractivity contribution in [3.05, 3.63) is 24.3 Å². The average Bonchev–Trinajstić information content (AvgIpc) is 2.79. The molecule has 0 radical (unpaired) electrons. The van der Waals surface area contributed by atoms with E-state index in [1.54, 1.807) is 7.11 Å². The zero-order valence-corrected chi connectivity index (χ0v) is 17.9. The van der Waals surface area contributed by atoms with Crippen LogP contribution in [0.5, 0.6) is 5.75 Å². The normalized spacial score (nSPS) is 18.8. The minimum Gasteiger partial charge on any atom is -0.497 e. The molecule has 1 N–H and O–H groups in total. The fraction of sp³-hybridized carbons (Fsp3) is 0.682. The zero-order valence-electron chi connectivity index (χ0n) is 17.9. The molecule has 0 atom stereocenters. The first-order valence-corrected chi connectivity index (χ1v) is 10.8. The number of hydrogen-bond donors (Lipinski definition) is 1. The fourth-order valence-electron chi connectivity index (χ4n) is 3.84. The molecule has 1 aromatic rings. The van der Waals surface area contributed by atoms with Crippen LogP contribution < -0.4 is 15.0 Å². The van der Waals surface area contributed by atoms with Crippen LogP contribution in [0.3, 0.4) is 0 Å². The van der Waals surface area contributed by atoms with E-state index in [0.717, 1.165) is 90.1 Å². The summed E-state index contributed by atoms with van der Waals surface area (Å²) in [7, 11) is 3.56. The van der Waals surface area contributed by atoms with Crippen molar-refractivity contribution in [1.29, 1.82) is 0 Å². The highest BCUT2D eigenvalue weighted by Crippen LogP contribution is 2.20. The van der Waals surface area contributed by atoms with Gasteiger partial charge in [-0.3, -0.25) is 4.99 Å². The van der Waals surface area contributed by atoms with Crippen LogP contribution in [0.15, 0.2) is 29.3 Å². The molecular formula is C22H36N4O3. The van der Waals surface area contributed by atoms with Crippen molar-refractivity contribution in [3.63, 3.8) is 0 Å². The molecule has 0 spiro atoms. The van der Waals surface area contributed by atoms with Gasteiger partial charge >= 0.3 is 0 Å². The Hall–Kier alpha value is -1.99. The van der Waals surface area contributed by atoms with Crippen LogP contribution in [0.25, 0.3) is 0 Å². The van der Waals surface area contributed by atoms with Crippen molar-refractivity contribution in [2.75, 3.05) is 78.2 Å². The van der Waals surface area contributed by atoms with Crippen LogP contribution in [0.1, 0.15) is 19.3 Å². The van der Waals surface area contributed by atoms with E-state index >= 15 is 0 Å². The summed E-state index contributed by atoms with van der Waals surface area (Å²) in [5.74, 6) is 2.56. The Labute approximate surface area is 175 Å². The van der Waals surface area contributed by atoms with Gasteiger partial charge in [-0.05, 0) is 49.4 Å². The first-order valence-electron chi connectivity index (χ1n) is 10.8. The van der Waals surface area contributed by atoms with E-state index in [0.29, 0.717) is 5.92 Å². The van der Waals surface area contributed by atoms with Crippen LogP contribution in [0, 0.1) is 5.92 Å². The molecule has 7 nitrogen and oxygen atoms in total. The fourth-order valence-corrected chi connectivity index (χ4v) is 3.84. The molecule has 1 aromatic carbocycles. The van der Waals surface area contributed by atoms with E-state index in [1.807, 2.05) is 19.2 Å². The summed E-state index contributed by atoms with van der Waals surface area (Å²) in [6.07, 6.45) is 3.26. The predicted octanol–water partition coefficient (Wildman–Crippen LogP) is 2.23. The lowest BCUT2D eigenvalue weighted by molar-refractivity contribution is 0.0203. The number of benzene rings is 1. The predicted molar refractivity (Wildman–Crippen MR) is 117 cm³/mol. The van der Waals surface area contributed by atoms with Gasteiger partial charge in [0.05, 0.1) is 7.11 Å². The summed E-state index contributed by atoms with van der Waals surface area (Å²) in [5, 5.41) is 3.49. The summed E-state index contributed by atoms with van der Waals surface area (Å²) in [5.41, 5.74) is 1.25. The quantitative estimate of drug-likeness (QED) is 0.407. The number of nitrogens with zero attached hydrogens (tertiary/aromatic N) is 3. The van der Waals surface area contributed by atoms with E-state index in [2.05, 4.69) is 32.2 Å². The molecule has 7 heteroatoms. The average molecular weight is 405 g/mol. The number of piperazine rings is 1. The van der Waals surface area contributed by atoms with Gasteiger partial charge < -0.3 is 29.3 Å². The Bertz CT molecular complexity index is 609. The molecule has 2 aliphatic rings. The molecule has 2 heterocycles. The van der Waals surface area contributed by atoms with Crippen LogP contribution in [0.4, 0.5) is 5.69 Å². The first kappa shape index (κ1) is 21.7. The molecular weight excluding hydrogens is 368 g/mol. The minimum atomic E-state index is 0.673. The summed E-state index contributed by atoms with van der Waals surface area (Å²) in [6.45, 7) is 8.23. The number of aliphatic imine (C=N–C) groups is 1. The smallest absolute Gasteiger partial charge is 0.193 e. The van der Waals surface area contributed by atoms with E-state index in [9.17, 15) is 0 Å².